The van der Waals surface area contributed by atoms with Crippen molar-refractivity contribution < 1.29 is 9.47 Å². The first-order valence-corrected chi connectivity index (χ1v) is 11.0. The molecule has 1 fully saturated rings. The van der Waals surface area contributed by atoms with E-state index in [2.05, 4.69) is 26.5 Å². The number of rotatable bonds is 7. The predicted octanol–water partition coefficient (Wildman–Crippen LogP) is 4.43. The largest absolute Gasteiger partial charge is 0.495 e. The Hall–Kier alpha value is -3.08. The molecule has 0 unspecified atom stereocenters. The van der Waals surface area contributed by atoms with Gasteiger partial charge in [0.15, 0.2) is 11.6 Å². The highest BCUT2D eigenvalue weighted by Crippen LogP contribution is 2.31. The van der Waals surface area contributed by atoms with Gasteiger partial charge >= 0.3 is 0 Å². The molecule has 1 saturated heterocycles. The molecule has 0 bridgehead atoms. The SMILES string of the molecule is COc1ccc(CCNc2nnc(N3CCC(OC)CC3)c3ccc(C#N)cc23)cc1Cl. The normalized spacial score (nSPS) is 14.4. The fourth-order valence-electron chi connectivity index (χ4n) is 4.07. The first-order valence-electron chi connectivity index (χ1n) is 10.7. The lowest BCUT2D eigenvalue weighted by Crippen LogP contribution is -2.37. The number of nitrogens with one attached hydrogen (secondary N) is 1. The number of nitriles is 1. The monoisotopic (exact) mass is 451 g/mol. The number of benzene rings is 2. The molecule has 1 N–H and O–H groups in total. The Morgan fingerprint density at radius 2 is 1.94 bits per heavy atom. The van der Waals surface area contributed by atoms with E-state index >= 15 is 0 Å². The van der Waals surface area contributed by atoms with Gasteiger partial charge in [-0.3, -0.25) is 0 Å². The van der Waals surface area contributed by atoms with Gasteiger partial charge in [-0.05, 0) is 55.2 Å². The second-order valence-electron chi connectivity index (χ2n) is 7.81. The number of hydrogen-bond acceptors (Lipinski definition) is 7. The number of aromatic nitrogens is 2. The van der Waals surface area contributed by atoms with Gasteiger partial charge in [-0.25, -0.2) is 0 Å². The molecule has 166 valence electrons. The Kier molecular flexibility index (Phi) is 6.93. The van der Waals surface area contributed by atoms with E-state index in [4.69, 9.17) is 21.1 Å². The summed E-state index contributed by atoms with van der Waals surface area (Å²) < 4.78 is 10.7. The summed E-state index contributed by atoms with van der Waals surface area (Å²) in [6.07, 6.45) is 2.97. The number of hydrogen-bond donors (Lipinski definition) is 1. The Balaban J connectivity index is 1.55. The van der Waals surface area contributed by atoms with Crippen molar-refractivity contribution in [2.75, 3.05) is 44.1 Å². The van der Waals surface area contributed by atoms with E-state index < -0.39 is 0 Å². The van der Waals surface area contributed by atoms with Crippen LogP contribution in [0.25, 0.3) is 10.8 Å². The minimum atomic E-state index is 0.295. The van der Waals surface area contributed by atoms with Crippen molar-refractivity contribution >= 4 is 34.0 Å². The zero-order valence-electron chi connectivity index (χ0n) is 18.3. The Morgan fingerprint density at radius 3 is 2.62 bits per heavy atom. The van der Waals surface area contributed by atoms with Crippen LogP contribution in [0.4, 0.5) is 11.6 Å². The minimum Gasteiger partial charge on any atom is -0.495 e. The third-order valence-corrected chi connectivity index (χ3v) is 6.18. The van der Waals surface area contributed by atoms with Gasteiger partial charge in [0.1, 0.15) is 5.75 Å². The summed E-state index contributed by atoms with van der Waals surface area (Å²) in [5, 5.41) is 24.3. The van der Waals surface area contributed by atoms with Crippen molar-refractivity contribution in [3.63, 3.8) is 0 Å². The summed E-state index contributed by atoms with van der Waals surface area (Å²) in [6.45, 7) is 2.39. The Bertz CT molecular complexity index is 1140. The first-order chi connectivity index (χ1) is 15.6. The average molecular weight is 452 g/mol. The molecule has 2 heterocycles. The zero-order chi connectivity index (χ0) is 22.5. The molecule has 1 aliphatic rings. The van der Waals surface area contributed by atoms with Crippen LogP contribution in [0.15, 0.2) is 36.4 Å². The Morgan fingerprint density at radius 1 is 1.12 bits per heavy atom. The lowest BCUT2D eigenvalue weighted by Gasteiger charge is -2.32. The van der Waals surface area contributed by atoms with Gasteiger partial charge < -0.3 is 19.7 Å². The van der Waals surface area contributed by atoms with Crippen LogP contribution in [0, 0.1) is 11.3 Å². The maximum absolute atomic E-state index is 9.40. The summed E-state index contributed by atoms with van der Waals surface area (Å²) in [5.74, 6) is 2.19. The van der Waals surface area contributed by atoms with Crippen LogP contribution < -0.4 is 15.0 Å². The molecule has 1 aromatic heterocycles. The summed E-state index contributed by atoms with van der Waals surface area (Å²) in [7, 11) is 3.37. The topological polar surface area (TPSA) is 83.3 Å². The molecule has 1 aliphatic heterocycles. The second-order valence-corrected chi connectivity index (χ2v) is 8.22. The third-order valence-electron chi connectivity index (χ3n) is 5.89. The molecule has 0 saturated carbocycles. The van der Waals surface area contributed by atoms with Gasteiger partial charge in [0, 0.05) is 37.5 Å². The number of fused-ring (bicyclic) bond motifs is 1. The molecule has 0 amide bonds. The number of nitrogens with zero attached hydrogens (tertiary/aromatic N) is 4. The summed E-state index contributed by atoms with van der Waals surface area (Å²) in [4.78, 5) is 2.25. The second kappa shape index (κ2) is 10.0. The van der Waals surface area contributed by atoms with Crippen LogP contribution in [-0.2, 0) is 11.2 Å². The summed E-state index contributed by atoms with van der Waals surface area (Å²) >= 11 is 6.24. The summed E-state index contributed by atoms with van der Waals surface area (Å²) in [6, 6.07) is 13.7. The van der Waals surface area contributed by atoms with Crippen LogP contribution in [0.2, 0.25) is 5.02 Å². The minimum absolute atomic E-state index is 0.295. The lowest BCUT2D eigenvalue weighted by molar-refractivity contribution is 0.0818. The van der Waals surface area contributed by atoms with Crippen LogP contribution in [0.3, 0.4) is 0 Å². The van der Waals surface area contributed by atoms with Gasteiger partial charge in [0.05, 0.1) is 29.9 Å². The van der Waals surface area contributed by atoms with Crippen molar-refractivity contribution in [3.05, 3.63) is 52.5 Å². The van der Waals surface area contributed by atoms with Gasteiger partial charge in [0.2, 0.25) is 0 Å². The third kappa shape index (κ3) is 4.72. The van der Waals surface area contributed by atoms with E-state index in [0.717, 1.165) is 54.5 Å². The zero-order valence-corrected chi connectivity index (χ0v) is 19.0. The molecular weight excluding hydrogens is 426 g/mol. The molecule has 0 atom stereocenters. The van der Waals surface area contributed by atoms with E-state index in [1.54, 1.807) is 14.2 Å². The van der Waals surface area contributed by atoms with E-state index in [-0.39, 0.29) is 0 Å². The van der Waals surface area contributed by atoms with Crippen molar-refractivity contribution in [1.29, 1.82) is 5.26 Å². The van der Waals surface area contributed by atoms with Gasteiger partial charge in [-0.2, -0.15) is 5.26 Å². The van der Waals surface area contributed by atoms with Crippen LogP contribution in [0.1, 0.15) is 24.0 Å². The number of piperidine rings is 1. The molecular formula is C24H26ClN5O2. The molecule has 8 heteroatoms. The molecule has 4 rings (SSSR count). The van der Waals surface area contributed by atoms with Gasteiger partial charge in [0.25, 0.3) is 0 Å². The molecule has 3 aromatic rings. The van der Waals surface area contributed by atoms with Crippen molar-refractivity contribution in [1.82, 2.24) is 10.2 Å². The van der Waals surface area contributed by atoms with E-state index in [1.807, 2.05) is 36.4 Å². The average Bonchev–Trinajstić information content (AvgIpc) is 2.84. The molecule has 7 nitrogen and oxygen atoms in total. The standard InChI is InChI=1S/C24H26ClN5O2/c1-31-18-8-11-30(12-9-18)24-19-5-3-17(15-26)13-20(19)23(28-29-24)27-10-7-16-4-6-22(32-2)21(25)14-16/h3-6,13-14,18H,7-12H2,1-2H3,(H,27,28). The lowest BCUT2D eigenvalue weighted by atomic mass is 10.1. The van der Waals surface area contributed by atoms with Crippen LogP contribution in [0.5, 0.6) is 5.75 Å². The number of methoxy groups -OCH3 is 2. The number of anilines is 2. The van der Waals surface area contributed by atoms with Gasteiger partial charge in [-0.1, -0.05) is 17.7 Å². The molecule has 0 radical (unpaired) electrons. The number of ether oxygens (including phenoxy) is 2. The predicted molar refractivity (Wildman–Crippen MR) is 127 cm³/mol. The van der Waals surface area contributed by atoms with E-state index in [9.17, 15) is 5.26 Å². The quantitative estimate of drug-likeness (QED) is 0.568. The van der Waals surface area contributed by atoms with E-state index in [1.165, 1.54) is 0 Å². The first kappa shape index (κ1) is 22.1. The molecule has 0 aliphatic carbocycles. The maximum atomic E-state index is 9.40. The van der Waals surface area contributed by atoms with Crippen molar-refractivity contribution in [3.8, 4) is 11.8 Å². The van der Waals surface area contributed by atoms with Crippen molar-refractivity contribution in [2.24, 2.45) is 0 Å². The van der Waals surface area contributed by atoms with Crippen molar-refractivity contribution in [2.45, 2.75) is 25.4 Å². The maximum Gasteiger partial charge on any atom is 0.159 e. The molecule has 0 spiro atoms. The van der Waals surface area contributed by atoms with Crippen LogP contribution >= 0.6 is 11.6 Å². The van der Waals surface area contributed by atoms with E-state index in [0.29, 0.717) is 34.8 Å². The molecule has 2 aromatic carbocycles. The highest BCUT2D eigenvalue weighted by Gasteiger charge is 2.22. The van der Waals surface area contributed by atoms with Crippen LogP contribution in [-0.4, -0.2) is 50.2 Å². The highest BCUT2D eigenvalue weighted by atomic mass is 35.5. The summed E-state index contributed by atoms with van der Waals surface area (Å²) in [5.41, 5.74) is 1.69. The smallest absolute Gasteiger partial charge is 0.159 e. The fourth-order valence-corrected chi connectivity index (χ4v) is 4.35. The Labute approximate surface area is 192 Å². The number of halogens is 1. The van der Waals surface area contributed by atoms with Gasteiger partial charge in [-0.15, -0.1) is 10.2 Å². The molecule has 32 heavy (non-hydrogen) atoms. The highest BCUT2D eigenvalue weighted by molar-refractivity contribution is 6.32. The fraction of sp³-hybridized carbons (Fsp3) is 0.375.